The maximum absolute atomic E-state index is 12.1. The quantitative estimate of drug-likeness (QED) is 0.559. The highest BCUT2D eigenvalue weighted by atomic mass is 32.2. The molecule has 0 aliphatic carbocycles. The van der Waals surface area contributed by atoms with Crippen LogP contribution in [-0.4, -0.2) is 37.6 Å². The normalized spacial score (nSPS) is 12.7. The van der Waals surface area contributed by atoms with Gasteiger partial charge in [-0.15, -0.1) is 0 Å². The van der Waals surface area contributed by atoms with Gasteiger partial charge >= 0.3 is 5.97 Å². The van der Waals surface area contributed by atoms with Crippen LogP contribution in [0.15, 0.2) is 23.1 Å². The fourth-order valence-corrected chi connectivity index (χ4v) is 3.02. The summed E-state index contributed by atoms with van der Waals surface area (Å²) in [6, 6.07) is 2.38. The smallest absolute Gasteiger partial charge is 0.304 e. The molecule has 116 valence electrons. The minimum Gasteiger partial charge on any atom is -0.497 e. The van der Waals surface area contributed by atoms with Crippen LogP contribution in [0.1, 0.15) is 13.3 Å². The van der Waals surface area contributed by atoms with Crippen LogP contribution in [0.2, 0.25) is 0 Å². The summed E-state index contributed by atoms with van der Waals surface area (Å²) in [6.07, 6.45) is -0.441. The van der Waals surface area contributed by atoms with Crippen molar-refractivity contribution in [3.05, 3.63) is 28.3 Å². The first-order chi connectivity index (χ1) is 9.67. The Bertz CT molecular complexity index is 657. The molecule has 9 nitrogen and oxygen atoms in total. The van der Waals surface area contributed by atoms with Gasteiger partial charge in [-0.2, -0.15) is 0 Å². The van der Waals surface area contributed by atoms with E-state index in [1.165, 1.54) is 20.1 Å². The van der Waals surface area contributed by atoms with Crippen LogP contribution < -0.4 is 9.46 Å². The molecule has 0 aliphatic rings. The second kappa shape index (κ2) is 6.50. The molecule has 0 radical (unpaired) electrons. The first-order valence-electron chi connectivity index (χ1n) is 5.74. The number of nitro groups is 1. The number of hydrogen-bond acceptors (Lipinski definition) is 6. The van der Waals surface area contributed by atoms with Gasteiger partial charge in [-0.25, -0.2) is 13.1 Å². The summed E-state index contributed by atoms with van der Waals surface area (Å²) in [5, 5.41) is 19.6. The Kier molecular flexibility index (Phi) is 5.22. The zero-order valence-corrected chi connectivity index (χ0v) is 12.1. The number of sulfonamides is 1. The lowest BCUT2D eigenvalue weighted by Crippen LogP contribution is -2.34. The SMILES string of the molecule is COc1ccc(S(=O)(=O)NC(C)CC(=O)O)c([N+](=O)[O-])c1. The Morgan fingerprint density at radius 1 is 1.52 bits per heavy atom. The first-order valence-corrected chi connectivity index (χ1v) is 7.22. The zero-order valence-electron chi connectivity index (χ0n) is 11.3. The van der Waals surface area contributed by atoms with E-state index in [-0.39, 0.29) is 5.75 Å². The zero-order chi connectivity index (χ0) is 16.2. The van der Waals surface area contributed by atoms with E-state index in [1.807, 2.05) is 0 Å². The van der Waals surface area contributed by atoms with Crippen LogP contribution in [0.4, 0.5) is 5.69 Å². The Morgan fingerprint density at radius 3 is 2.62 bits per heavy atom. The molecule has 0 aliphatic heterocycles. The van der Waals surface area contributed by atoms with Crippen LogP contribution in [0.5, 0.6) is 5.75 Å². The Hall–Kier alpha value is -2.20. The molecule has 0 fully saturated rings. The van der Waals surface area contributed by atoms with Gasteiger partial charge in [0.2, 0.25) is 10.0 Å². The van der Waals surface area contributed by atoms with Crippen LogP contribution in [0, 0.1) is 10.1 Å². The lowest BCUT2D eigenvalue weighted by atomic mass is 10.3. The van der Waals surface area contributed by atoms with Gasteiger partial charge in [-0.05, 0) is 19.1 Å². The summed E-state index contributed by atoms with van der Waals surface area (Å²) in [7, 11) is -2.92. The first kappa shape index (κ1) is 16.9. The molecule has 0 spiro atoms. The highest BCUT2D eigenvalue weighted by molar-refractivity contribution is 7.89. The number of benzene rings is 1. The Morgan fingerprint density at radius 2 is 2.14 bits per heavy atom. The molecule has 0 aromatic heterocycles. The minimum atomic E-state index is -4.22. The summed E-state index contributed by atoms with van der Waals surface area (Å²) < 4.78 is 31.1. The highest BCUT2D eigenvalue weighted by Crippen LogP contribution is 2.28. The van der Waals surface area contributed by atoms with Crippen molar-refractivity contribution in [3.63, 3.8) is 0 Å². The lowest BCUT2D eigenvalue weighted by Gasteiger charge is -2.12. The third kappa shape index (κ3) is 4.39. The number of carbonyl (C=O) groups is 1. The number of nitro benzene ring substituents is 1. The molecule has 2 N–H and O–H groups in total. The van der Waals surface area contributed by atoms with Crippen LogP contribution in [-0.2, 0) is 14.8 Å². The van der Waals surface area contributed by atoms with Gasteiger partial charge in [0.25, 0.3) is 5.69 Å². The van der Waals surface area contributed by atoms with Crippen molar-refractivity contribution >= 4 is 21.7 Å². The number of hydrogen-bond donors (Lipinski definition) is 2. The van der Waals surface area contributed by atoms with Crippen LogP contribution in [0.3, 0.4) is 0 Å². The monoisotopic (exact) mass is 318 g/mol. The van der Waals surface area contributed by atoms with E-state index in [1.54, 1.807) is 0 Å². The van der Waals surface area contributed by atoms with Crippen molar-refractivity contribution in [1.29, 1.82) is 0 Å². The van der Waals surface area contributed by atoms with Gasteiger partial charge in [-0.3, -0.25) is 14.9 Å². The van der Waals surface area contributed by atoms with Gasteiger partial charge in [0.15, 0.2) is 4.90 Å². The number of nitrogens with one attached hydrogen (secondary N) is 1. The number of aliphatic carboxylic acids is 1. The fraction of sp³-hybridized carbons (Fsp3) is 0.364. The van der Waals surface area contributed by atoms with E-state index in [9.17, 15) is 23.3 Å². The molecule has 0 bridgehead atoms. The van der Waals surface area contributed by atoms with Crippen LogP contribution in [0.25, 0.3) is 0 Å². The van der Waals surface area contributed by atoms with E-state index >= 15 is 0 Å². The van der Waals surface area contributed by atoms with Gasteiger partial charge in [-0.1, -0.05) is 0 Å². The second-order valence-electron chi connectivity index (χ2n) is 4.21. The molecule has 1 rings (SSSR count). The van der Waals surface area contributed by atoms with Crippen molar-refractivity contribution in [1.82, 2.24) is 4.72 Å². The molecular weight excluding hydrogens is 304 g/mol. The fourth-order valence-electron chi connectivity index (χ4n) is 1.63. The highest BCUT2D eigenvalue weighted by Gasteiger charge is 2.28. The molecule has 0 saturated heterocycles. The molecule has 0 saturated carbocycles. The van der Waals surface area contributed by atoms with Crippen molar-refractivity contribution in [3.8, 4) is 5.75 Å². The van der Waals surface area contributed by atoms with Gasteiger partial charge in [0.1, 0.15) is 5.75 Å². The average Bonchev–Trinajstić information content (AvgIpc) is 2.36. The van der Waals surface area contributed by atoms with Crippen molar-refractivity contribution < 1.29 is 28.0 Å². The number of ether oxygens (including phenoxy) is 1. The second-order valence-corrected chi connectivity index (χ2v) is 5.89. The molecule has 1 atom stereocenters. The Labute approximate surface area is 120 Å². The maximum atomic E-state index is 12.1. The summed E-state index contributed by atoms with van der Waals surface area (Å²) in [5.41, 5.74) is -0.649. The minimum absolute atomic E-state index is 0.138. The van der Waals surface area contributed by atoms with Crippen molar-refractivity contribution in [2.24, 2.45) is 0 Å². The molecule has 0 heterocycles. The van der Waals surface area contributed by atoms with Crippen LogP contribution >= 0.6 is 0 Å². The summed E-state index contributed by atoms with van der Waals surface area (Å²) in [5.74, 6) is -1.05. The topological polar surface area (TPSA) is 136 Å². The number of carboxylic acids is 1. The predicted octanol–water partition coefficient (Wildman–Crippen LogP) is 0.745. The van der Waals surface area contributed by atoms with Crippen molar-refractivity contribution in [2.75, 3.05) is 7.11 Å². The third-order valence-electron chi connectivity index (χ3n) is 2.49. The molecule has 1 aromatic rings. The van der Waals surface area contributed by atoms with Gasteiger partial charge in [0, 0.05) is 6.04 Å². The maximum Gasteiger partial charge on any atom is 0.304 e. The van der Waals surface area contributed by atoms with E-state index < -0.39 is 44.0 Å². The predicted molar refractivity (Wildman–Crippen MR) is 71.7 cm³/mol. The molecule has 0 amide bonds. The molecule has 21 heavy (non-hydrogen) atoms. The Balaban J connectivity index is 3.19. The van der Waals surface area contributed by atoms with Gasteiger partial charge < -0.3 is 9.84 Å². The molecule has 1 aromatic carbocycles. The van der Waals surface area contributed by atoms with Gasteiger partial charge in [0.05, 0.1) is 24.5 Å². The molecule has 10 heteroatoms. The number of carboxylic acid groups (broad SMARTS) is 1. The number of rotatable bonds is 7. The summed E-state index contributed by atoms with van der Waals surface area (Å²) in [6.45, 7) is 1.35. The lowest BCUT2D eigenvalue weighted by molar-refractivity contribution is -0.387. The number of methoxy groups -OCH3 is 1. The largest absolute Gasteiger partial charge is 0.497 e. The third-order valence-corrected chi connectivity index (χ3v) is 4.13. The van der Waals surface area contributed by atoms with E-state index in [2.05, 4.69) is 4.72 Å². The van der Waals surface area contributed by atoms with E-state index in [0.29, 0.717) is 0 Å². The molecular formula is C11H14N2O7S. The van der Waals surface area contributed by atoms with E-state index in [4.69, 9.17) is 9.84 Å². The number of nitrogens with zero attached hydrogens (tertiary/aromatic N) is 1. The standard InChI is InChI=1S/C11H14N2O7S/c1-7(5-11(14)15)12-21(18,19)10-4-3-8(20-2)6-9(10)13(16)17/h3-4,6-7,12H,5H2,1-2H3,(H,14,15). The average molecular weight is 318 g/mol. The summed E-state index contributed by atoms with van der Waals surface area (Å²) in [4.78, 5) is 20.1. The molecule has 1 unspecified atom stereocenters. The van der Waals surface area contributed by atoms with E-state index in [0.717, 1.165) is 12.1 Å². The summed E-state index contributed by atoms with van der Waals surface area (Å²) >= 11 is 0. The van der Waals surface area contributed by atoms with Crippen molar-refractivity contribution in [2.45, 2.75) is 24.3 Å².